The summed E-state index contributed by atoms with van der Waals surface area (Å²) in [5.74, 6) is 1.13. The van der Waals surface area contributed by atoms with Crippen LogP contribution >= 0.6 is 11.8 Å². The van der Waals surface area contributed by atoms with E-state index in [0.29, 0.717) is 0 Å². The molecule has 2 aliphatic rings. The first-order chi connectivity index (χ1) is 9.18. The van der Waals surface area contributed by atoms with E-state index < -0.39 is 5.97 Å². The molecule has 19 heavy (non-hydrogen) atoms. The Bertz CT molecular complexity index is 324. The topological polar surface area (TPSA) is 60.9 Å². The fourth-order valence-electron chi connectivity index (χ4n) is 2.83. The Kier molecular flexibility index (Phi) is 5.36. The van der Waals surface area contributed by atoms with E-state index in [1.54, 1.807) is 4.90 Å². The van der Waals surface area contributed by atoms with Gasteiger partial charge in [0, 0.05) is 24.9 Å². The highest BCUT2D eigenvalue weighted by Crippen LogP contribution is 2.25. The summed E-state index contributed by atoms with van der Waals surface area (Å²) < 4.78 is 0. The molecule has 1 aliphatic heterocycles. The van der Waals surface area contributed by atoms with Crippen LogP contribution in [0.1, 0.15) is 32.1 Å². The molecule has 0 atom stereocenters. The Morgan fingerprint density at radius 3 is 2.58 bits per heavy atom. The highest BCUT2D eigenvalue weighted by molar-refractivity contribution is 7.99. The van der Waals surface area contributed by atoms with Gasteiger partial charge in [-0.3, -0.25) is 4.79 Å². The second-order valence-corrected chi connectivity index (χ2v) is 6.42. The maximum atomic E-state index is 12.6. The summed E-state index contributed by atoms with van der Waals surface area (Å²) in [5, 5.41) is 9.03. The number of hydrogen-bond acceptors (Lipinski definition) is 3. The SMILES string of the molecule is O=C(O)CN(C(=O)N1CCCSCC1)C1CCCC1. The summed E-state index contributed by atoms with van der Waals surface area (Å²) in [4.78, 5) is 27.0. The third-order valence-electron chi connectivity index (χ3n) is 3.81. The second kappa shape index (κ2) is 7.03. The van der Waals surface area contributed by atoms with Crippen molar-refractivity contribution in [2.24, 2.45) is 0 Å². The number of carboxylic acid groups (broad SMARTS) is 1. The zero-order chi connectivity index (χ0) is 13.7. The molecule has 1 heterocycles. The van der Waals surface area contributed by atoms with Crippen molar-refractivity contribution in [3.05, 3.63) is 0 Å². The van der Waals surface area contributed by atoms with E-state index in [9.17, 15) is 9.59 Å². The highest BCUT2D eigenvalue weighted by atomic mass is 32.2. The molecule has 2 amide bonds. The van der Waals surface area contributed by atoms with E-state index in [2.05, 4.69) is 0 Å². The minimum Gasteiger partial charge on any atom is -0.480 e. The Morgan fingerprint density at radius 1 is 1.16 bits per heavy atom. The lowest BCUT2D eigenvalue weighted by Gasteiger charge is -2.33. The molecule has 0 aromatic rings. The van der Waals surface area contributed by atoms with Gasteiger partial charge in [-0.1, -0.05) is 12.8 Å². The molecule has 108 valence electrons. The normalized spacial score (nSPS) is 21.2. The van der Waals surface area contributed by atoms with Gasteiger partial charge in [-0.25, -0.2) is 4.79 Å². The largest absolute Gasteiger partial charge is 0.480 e. The van der Waals surface area contributed by atoms with Gasteiger partial charge in [-0.05, 0) is 25.0 Å². The highest BCUT2D eigenvalue weighted by Gasteiger charge is 2.31. The molecule has 0 unspecified atom stereocenters. The summed E-state index contributed by atoms with van der Waals surface area (Å²) in [5.41, 5.74) is 0. The van der Waals surface area contributed by atoms with Gasteiger partial charge in [0.25, 0.3) is 0 Å². The van der Waals surface area contributed by atoms with Crippen LogP contribution in [-0.4, -0.2) is 64.1 Å². The molecule has 1 N–H and O–H groups in total. The van der Waals surface area contributed by atoms with Gasteiger partial charge in [0.15, 0.2) is 0 Å². The van der Waals surface area contributed by atoms with Gasteiger partial charge in [-0.15, -0.1) is 0 Å². The van der Waals surface area contributed by atoms with E-state index >= 15 is 0 Å². The van der Waals surface area contributed by atoms with Crippen molar-refractivity contribution in [3.8, 4) is 0 Å². The number of nitrogens with zero attached hydrogens (tertiary/aromatic N) is 2. The summed E-state index contributed by atoms with van der Waals surface area (Å²) in [6.07, 6.45) is 5.10. The van der Waals surface area contributed by atoms with Gasteiger partial charge >= 0.3 is 12.0 Å². The number of carbonyl (C=O) groups excluding carboxylic acids is 1. The molecule has 0 bridgehead atoms. The van der Waals surface area contributed by atoms with E-state index in [0.717, 1.165) is 56.7 Å². The summed E-state index contributed by atoms with van der Waals surface area (Å²) in [6, 6.07) is 0.0521. The first-order valence-electron chi connectivity index (χ1n) is 7.03. The lowest BCUT2D eigenvalue weighted by molar-refractivity contribution is -0.138. The first kappa shape index (κ1) is 14.5. The van der Waals surface area contributed by atoms with Gasteiger partial charge in [0.2, 0.25) is 0 Å². The Balaban J connectivity index is 2.02. The number of aliphatic carboxylic acids is 1. The van der Waals surface area contributed by atoms with E-state index in [1.807, 2.05) is 16.7 Å². The van der Waals surface area contributed by atoms with Gasteiger partial charge in [-0.2, -0.15) is 11.8 Å². The van der Waals surface area contributed by atoms with Crippen molar-refractivity contribution in [1.29, 1.82) is 0 Å². The van der Waals surface area contributed by atoms with Crippen LogP contribution in [0, 0.1) is 0 Å². The molecule has 2 fully saturated rings. The molecule has 0 aromatic carbocycles. The minimum atomic E-state index is -0.913. The van der Waals surface area contributed by atoms with Crippen LogP contribution < -0.4 is 0 Å². The lowest BCUT2D eigenvalue weighted by atomic mass is 10.2. The quantitative estimate of drug-likeness (QED) is 0.860. The number of amides is 2. The van der Waals surface area contributed by atoms with Crippen LogP contribution in [0.15, 0.2) is 0 Å². The molecule has 1 aliphatic carbocycles. The molecule has 0 aromatic heterocycles. The zero-order valence-corrected chi connectivity index (χ0v) is 12.0. The van der Waals surface area contributed by atoms with Crippen LogP contribution in [0.2, 0.25) is 0 Å². The molecule has 0 spiro atoms. The van der Waals surface area contributed by atoms with E-state index in [1.165, 1.54) is 0 Å². The van der Waals surface area contributed by atoms with Crippen LogP contribution in [0.3, 0.4) is 0 Å². The molecule has 5 nitrogen and oxygen atoms in total. The molecule has 1 saturated carbocycles. The number of hydrogen-bond donors (Lipinski definition) is 1. The van der Waals surface area contributed by atoms with Crippen molar-refractivity contribution in [2.75, 3.05) is 31.1 Å². The molecular weight excluding hydrogens is 264 g/mol. The molecule has 6 heteroatoms. The number of thioether (sulfide) groups is 1. The maximum Gasteiger partial charge on any atom is 0.323 e. The van der Waals surface area contributed by atoms with Crippen molar-refractivity contribution >= 4 is 23.8 Å². The van der Waals surface area contributed by atoms with Crippen LogP contribution in [0.25, 0.3) is 0 Å². The van der Waals surface area contributed by atoms with Gasteiger partial charge in [0.1, 0.15) is 6.54 Å². The first-order valence-corrected chi connectivity index (χ1v) is 8.19. The molecule has 0 radical (unpaired) electrons. The lowest BCUT2D eigenvalue weighted by Crippen LogP contribution is -2.50. The second-order valence-electron chi connectivity index (χ2n) is 5.20. The monoisotopic (exact) mass is 286 g/mol. The number of urea groups is 1. The number of carbonyl (C=O) groups is 2. The van der Waals surface area contributed by atoms with Crippen LogP contribution in [0.5, 0.6) is 0 Å². The van der Waals surface area contributed by atoms with Crippen molar-refractivity contribution < 1.29 is 14.7 Å². The van der Waals surface area contributed by atoms with Gasteiger partial charge in [0.05, 0.1) is 0 Å². The number of carboxylic acids is 1. The summed E-state index contributed by atoms with van der Waals surface area (Å²) in [6.45, 7) is 1.34. The Hall–Kier alpha value is -0.910. The van der Waals surface area contributed by atoms with E-state index in [-0.39, 0.29) is 18.6 Å². The average molecular weight is 286 g/mol. The predicted octanol–water partition coefficient (Wildman–Crippen LogP) is 1.87. The van der Waals surface area contributed by atoms with Crippen LogP contribution in [0.4, 0.5) is 4.79 Å². The van der Waals surface area contributed by atoms with Crippen molar-refractivity contribution in [1.82, 2.24) is 9.80 Å². The van der Waals surface area contributed by atoms with Crippen molar-refractivity contribution in [2.45, 2.75) is 38.1 Å². The third kappa shape index (κ3) is 4.03. The number of rotatable bonds is 3. The van der Waals surface area contributed by atoms with Crippen LogP contribution in [-0.2, 0) is 4.79 Å². The molecule has 2 rings (SSSR count). The third-order valence-corrected chi connectivity index (χ3v) is 4.86. The molecular formula is C13H22N2O3S. The van der Waals surface area contributed by atoms with Crippen molar-refractivity contribution in [3.63, 3.8) is 0 Å². The Morgan fingerprint density at radius 2 is 1.89 bits per heavy atom. The van der Waals surface area contributed by atoms with Gasteiger partial charge < -0.3 is 14.9 Å². The molecule has 1 saturated heterocycles. The average Bonchev–Trinajstić information content (AvgIpc) is 2.77. The summed E-state index contributed by atoms with van der Waals surface area (Å²) in [7, 11) is 0. The Labute approximate surface area is 118 Å². The van der Waals surface area contributed by atoms with E-state index in [4.69, 9.17) is 5.11 Å². The zero-order valence-electron chi connectivity index (χ0n) is 11.2. The standard InChI is InChI=1S/C13H22N2O3S/c16-12(17)10-15(11-4-1-2-5-11)13(18)14-6-3-8-19-9-7-14/h11H,1-10H2,(H,16,17). The predicted molar refractivity (Wildman–Crippen MR) is 75.5 cm³/mol. The smallest absolute Gasteiger partial charge is 0.323 e. The summed E-state index contributed by atoms with van der Waals surface area (Å²) >= 11 is 1.87. The fourth-order valence-corrected chi connectivity index (χ4v) is 3.72. The minimum absolute atomic E-state index is 0.0724. The fraction of sp³-hybridized carbons (Fsp3) is 0.846. The maximum absolute atomic E-state index is 12.6.